The van der Waals surface area contributed by atoms with Crippen LogP contribution >= 0.6 is 0 Å². The molecule has 0 aliphatic rings. The summed E-state index contributed by atoms with van der Waals surface area (Å²) in [7, 11) is 0. The summed E-state index contributed by atoms with van der Waals surface area (Å²) in [4.78, 5) is 0. The molecule has 0 amide bonds. The van der Waals surface area contributed by atoms with E-state index in [1.165, 1.54) is 173 Å². The van der Waals surface area contributed by atoms with Crippen molar-refractivity contribution in [2.75, 3.05) is 11.5 Å². The minimum absolute atomic E-state index is 0.401. The van der Waals surface area contributed by atoms with Crippen molar-refractivity contribution in [3.05, 3.63) is 129 Å². The number of nitrogens with two attached hydrogens (primary N) is 2. The zero-order valence-electron chi connectivity index (χ0n) is 35.1. The van der Waals surface area contributed by atoms with Gasteiger partial charge in [0.05, 0.1) is 0 Å². The number of hydrogen-bond donors (Lipinski definition) is 2. The Morgan fingerprint density at radius 3 is 0.944 bits per heavy atom. The Balaban J connectivity index is 1.59. The summed E-state index contributed by atoms with van der Waals surface area (Å²) in [6.07, 6.45) is 26.0. The van der Waals surface area contributed by atoms with Crippen molar-refractivity contribution in [1.29, 1.82) is 0 Å². The van der Waals surface area contributed by atoms with Crippen LogP contribution in [0.3, 0.4) is 0 Å². The molecule has 0 spiro atoms. The third-order valence-electron chi connectivity index (χ3n) is 12.1. The zero-order valence-corrected chi connectivity index (χ0v) is 35.1. The van der Waals surface area contributed by atoms with E-state index in [2.05, 4.69) is 120 Å². The highest BCUT2D eigenvalue weighted by atomic mass is 14.5. The van der Waals surface area contributed by atoms with Gasteiger partial charge in [-0.1, -0.05) is 191 Å². The first-order valence-corrected chi connectivity index (χ1v) is 22.3. The van der Waals surface area contributed by atoms with Gasteiger partial charge in [0.15, 0.2) is 0 Å². The lowest BCUT2D eigenvalue weighted by molar-refractivity contribution is 0.566. The molecule has 4 N–H and O–H groups in total. The maximum Gasteiger partial charge on any atom is 0.0316 e. The number of rotatable bonds is 26. The van der Waals surface area contributed by atoms with Gasteiger partial charge in [-0.15, -0.1) is 0 Å². The maximum absolute atomic E-state index is 6.21. The lowest BCUT2D eigenvalue weighted by Crippen LogP contribution is -2.07. The Labute approximate surface area is 332 Å². The maximum atomic E-state index is 6.21. The van der Waals surface area contributed by atoms with Crippen molar-refractivity contribution in [3.8, 4) is 0 Å². The second kappa shape index (κ2) is 24.1. The standard InChI is InChI=1S/C52H76N2/c1-6-9-12-15-18-21-24-51(48-36-34-46(53)38-40(48)4)44-30-26-42(27-31-44)50(23-20-17-14-11-8-3)43-28-32-45(33-29-43)52(25-22-19-16-13-10-7-2)49-37-35-47(54)39-41(49)5/h26-39,50-52H,6-25,53-54H2,1-5H3. The molecule has 0 bridgehead atoms. The molecule has 0 fully saturated rings. The predicted octanol–water partition coefficient (Wildman–Crippen LogP) is 15.7. The van der Waals surface area contributed by atoms with Crippen molar-refractivity contribution < 1.29 is 0 Å². The van der Waals surface area contributed by atoms with Crippen LogP contribution in [0.2, 0.25) is 0 Å². The minimum Gasteiger partial charge on any atom is -0.399 e. The number of anilines is 2. The monoisotopic (exact) mass is 729 g/mol. The second-order valence-electron chi connectivity index (χ2n) is 16.5. The third-order valence-corrected chi connectivity index (χ3v) is 12.1. The fraction of sp³-hybridized carbons (Fsp3) is 0.538. The molecule has 294 valence electrons. The van der Waals surface area contributed by atoms with Crippen molar-refractivity contribution in [2.24, 2.45) is 0 Å². The van der Waals surface area contributed by atoms with Gasteiger partial charge in [0.25, 0.3) is 0 Å². The molecule has 0 aromatic heterocycles. The van der Waals surface area contributed by atoms with Crippen LogP contribution in [-0.2, 0) is 0 Å². The molecular weight excluding hydrogens is 653 g/mol. The van der Waals surface area contributed by atoms with Crippen LogP contribution in [0.25, 0.3) is 0 Å². The minimum atomic E-state index is 0.401. The van der Waals surface area contributed by atoms with Crippen LogP contribution in [0.1, 0.15) is 211 Å². The number of aryl methyl sites for hydroxylation is 2. The highest BCUT2D eigenvalue weighted by Crippen LogP contribution is 2.38. The van der Waals surface area contributed by atoms with E-state index in [1.807, 2.05) is 0 Å². The Hall–Kier alpha value is -3.52. The van der Waals surface area contributed by atoms with Gasteiger partial charge in [0.2, 0.25) is 0 Å². The van der Waals surface area contributed by atoms with Gasteiger partial charge in [-0.25, -0.2) is 0 Å². The summed E-state index contributed by atoms with van der Waals surface area (Å²) >= 11 is 0. The van der Waals surface area contributed by atoms with E-state index in [0.717, 1.165) is 11.4 Å². The molecule has 0 saturated carbocycles. The molecule has 4 aromatic rings. The van der Waals surface area contributed by atoms with Crippen LogP contribution in [0.4, 0.5) is 11.4 Å². The molecule has 0 aliphatic heterocycles. The van der Waals surface area contributed by atoms with Gasteiger partial charge in [-0.3, -0.25) is 0 Å². The topological polar surface area (TPSA) is 52.0 Å². The summed E-state index contributed by atoms with van der Waals surface area (Å²) in [6.45, 7) is 11.4. The van der Waals surface area contributed by atoms with Crippen LogP contribution in [0, 0.1) is 13.8 Å². The first-order chi connectivity index (χ1) is 26.4. The Bertz CT molecular complexity index is 1490. The smallest absolute Gasteiger partial charge is 0.0316 e. The molecule has 2 heteroatoms. The van der Waals surface area contributed by atoms with Crippen molar-refractivity contribution >= 4 is 11.4 Å². The molecule has 0 heterocycles. The van der Waals surface area contributed by atoms with Crippen LogP contribution in [-0.4, -0.2) is 0 Å². The summed E-state index contributed by atoms with van der Waals surface area (Å²) in [5.74, 6) is 1.20. The van der Waals surface area contributed by atoms with Gasteiger partial charge in [-0.2, -0.15) is 0 Å². The van der Waals surface area contributed by atoms with E-state index in [-0.39, 0.29) is 0 Å². The molecule has 2 nitrogen and oxygen atoms in total. The van der Waals surface area contributed by atoms with Crippen LogP contribution < -0.4 is 11.5 Å². The molecule has 2 unspecified atom stereocenters. The first kappa shape index (κ1) is 43.2. The molecular formula is C52H76N2. The Kier molecular flexibility index (Phi) is 19.3. The number of hydrogen-bond acceptors (Lipinski definition) is 2. The largest absolute Gasteiger partial charge is 0.399 e. The highest BCUT2D eigenvalue weighted by molar-refractivity contribution is 5.50. The normalized spacial score (nSPS) is 13.2. The number of benzene rings is 4. The second-order valence-corrected chi connectivity index (χ2v) is 16.5. The van der Waals surface area contributed by atoms with E-state index in [0.29, 0.717) is 17.8 Å². The van der Waals surface area contributed by atoms with Gasteiger partial charge in [0, 0.05) is 29.1 Å². The Morgan fingerprint density at radius 1 is 0.352 bits per heavy atom. The quantitative estimate of drug-likeness (QED) is 0.0499. The summed E-state index contributed by atoms with van der Waals surface area (Å²) in [5.41, 5.74) is 25.4. The summed E-state index contributed by atoms with van der Waals surface area (Å²) in [6, 6.07) is 32.7. The molecule has 0 saturated heterocycles. The summed E-state index contributed by atoms with van der Waals surface area (Å²) < 4.78 is 0. The highest BCUT2D eigenvalue weighted by Gasteiger charge is 2.21. The third kappa shape index (κ3) is 13.6. The van der Waals surface area contributed by atoms with E-state index < -0.39 is 0 Å². The van der Waals surface area contributed by atoms with Crippen molar-refractivity contribution in [2.45, 2.75) is 181 Å². The lowest BCUT2D eigenvalue weighted by Gasteiger charge is -2.24. The number of unbranched alkanes of at least 4 members (excludes halogenated alkanes) is 14. The Morgan fingerprint density at radius 2 is 0.630 bits per heavy atom. The molecule has 0 aliphatic carbocycles. The average molecular weight is 729 g/mol. The molecule has 4 rings (SSSR count). The summed E-state index contributed by atoms with van der Waals surface area (Å²) in [5, 5.41) is 0. The van der Waals surface area contributed by atoms with Crippen LogP contribution in [0.5, 0.6) is 0 Å². The molecule has 4 aromatic carbocycles. The van der Waals surface area contributed by atoms with E-state index >= 15 is 0 Å². The average Bonchev–Trinajstić information content (AvgIpc) is 3.17. The predicted molar refractivity (Wildman–Crippen MR) is 239 cm³/mol. The fourth-order valence-corrected chi connectivity index (χ4v) is 8.84. The van der Waals surface area contributed by atoms with E-state index in [4.69, 9.17) is 11.5 Å². The molecule has 0 radical (unpaired) electrons. The number of nitrogen functional groups attached to an aromatic ring is 2. The first-order valence-electron chi connectivity index (χ1n) is 22.3. The molecule has 54 heavy (non-hydrogen) atoms. The van der Waals surface area contributed by atoms with Gasteiger partial charge >= 0.3 is 0 Å². The van der Waals surface area contributed by atoms with Crippen LogP contribution in [0.15, 0.2) is 84.9 Å². The van der Waals surface area contributed by atoms with E-state index in [9.17, 15) is 0 Å². The SMILES string of the molecule is CCCCCCCCC(c1ccc(C(CCCCCCC)c2ccc(C(CCCCCCCC)c3ccc(N)cc3C)cc2)cc1)c1ccc(N)cc1C. The van der Waals surface area contributed by atoms with Gasteiger partial charge in [-0.05, 0) is 102 Å². The molecule has 2 atom stereocenters. The lowest BCUT2D eigenvalue weighted by atomic mass is 9.80. The van der Waals surface area contributed by atoms with Gasteiger partial charge < -0.3 is 11.5 Å². The van der Waals surface area contributed by atoms with Crippen molar-refractivity contribution in [1.82, 2.24) is 0 Å². The van der Waals surface area contributed by atoms with E-state index in [1.54, 1.807) is 0 Å². The van der Waals surface area contributed by atoms with Crippen molar-refractivity contribution in [3.63, 3.8) is 0 Å². The zero-order chi connectivity index (χ0) is 38.5. The van der Waals surface area contributed by atoms with Gasteiger partial charge in [0.1, 0.15) is 0 Å². The fourth-order valence-electron chi connectivity index (χ4n) is 8.84.